The van der Waals surface area contributed by atoms with Crippen LogP contribution in [0.15, 0.2) is 23.8 Å². The summed E-state index contributed by atoms with van der Waals surface area (Å²) >= 11 is 0. The molecule has 0 bridgehead atoms. The second kappa shape index (κ2) is 7.88. The zero-order chi connectivity index (χ0) is 17.0. The van der Waals surface area contributed by atoms with Crippen molar-refractivity contribution in [2.45, 2.75) is 46.1 Å². The van der Waals surface area contributed by atoms with E-state index in [1.807, 2.05) is 6.92 Å². The van der Waals surface area contributed by atoms with Gasteiger partial charge < -0.3 is 10.3 Å². The molecule has 0 saturated carbocycles. The van der Waals surface area contributed by atoms with Crippen LogP contribution in [-0.4, -0.2) is 24.1 Å². The average molecular weight is 323 g/mol. The van der Waals surface area contributed by atoms with E-state index in [0.29, 0.717) is 11.6 Å². The Morgan fingerprint density at radius 3 is 2.57 bits per heavy atom. The number of nitrogens with zero attached hydrogens (tertiary/aromatic N) is 1. The second-order valence-corrected chi connectivity index (χ2v) is 6.74. The molecule has 1 heterocycles. The summed E-state index contributed by atoms with van der Waals surface area (Å²) in [6, 6.07) is 3.69. The zero-order valence-electron chi connectivity index (χ0n) is 14.2. The molecule has 3 nitrogen and oxygen atoms in total. The van der Waals surface area contributed by atoms with E-state index in [9.17, 15) is 8.78 Å². The number of allylic oxidation sites excluding steroid dienone is 1. The van der Waals surface area contributed by atoms with Gasteiger partial charge in [-0.3, -0.25) is 0 Å². The van der Waals surface area contributed by atoms with Crippen molar-refractivity contribution in [3.8, 4) is 0 Å². The first kappa shape index (κ1) is 17.9. The maximum atomic E-state index is 14.3. The Hall–Kier alpha value is -1.46. The van der Waals surface area contributed by atoms with Crippen molar-refractivity contribution in [3.05, 3.63) is 41.0 Å². The van der Waals surface area contributed by atoms with Crippen LogP contribution in [0.25, 0.3) is 5.70 Å². The van der Waals surface area contributed by atoms with Crippen molar-refractivity contribution < 1.29 is 8.78 Å². The number of benzene rings is 1. The molecule has 1 aliphatic rings. The monoisotopic (exact) mass is 323 g/mol. The predicted octanol–water partition coefficient (Wildman–Crippen LogP) is 3.67. The van der Waals surface area contributed by atoms with Gasteiger partial charge in [0.25, 0.3) is 0 Å². The number of nitrogens with two attached hydrogens (primary N) is 1. The largest absolute Gasteiger partial charge is 0.317 e. The Bertz CT molecular complexity index is 563. The molecule has 0 atom stereocenters. The van der Waals surface area contributed by atoms with Crippen LogP contribution in [0.4, 0.5) is 8.78 Å². The highest BCUT2D eigenvalue weighted by atomic mass is 19.1. The van der Waals surface area contributed by atoms with Crippen molar-refractivity contribution in [2.24, 2.45) is 11.8 Å². The zero-order valence-corrected chi connectivity index (χ0v) is 14.2. The number of hydrogen-bond donors (Lipinski definition) is 2. The fourth-order valence-electron chi connectivity index (χ4n) is 3.24. The molecule has 1 fully saturated rings. The van der Waals surface area contributed by atoms with Crippen molar-refractivity contribution in [1.82, 2.24) is 10.3 Å². The van der Waals surface area contributed by atoms with Crippen LogP contribution in [0.2, 0.25) is 0 Å². The summed E-state index contributed by atoms with van der Waals surface area (Å²) in [6.45, 7) is 7.95. The van der Waals surface area contributed by atoms with Gasteiger partial charge in [0, 0.05) is 11.6 Å². The average Bonchev–Trinajstić information content (AvgIpc) is 2.51. The standard InChI is InChI=1S/C18H27F2N3/c1-12(2)10-13(3)18(16-11-14(19)4-5-17(16)20)23(21)15-6-8-22-9-7-15/h4-5,11-12,15,22H,6-10,21H2,1-3H3/b18-13-. The molecular weight excluding hydrogens is 296 g/mol. The molecular formula is C18H27F2N3. The quantitative estimate of drug-likeness (QED) is 0.642. The van der Waals surface area contributed by atoms with Crippen molar-refractivity contribution >= 4 is 5.70 Å². The third kappa shape index (κ3) is 4.52. The van der Waals surface area contributed by atoms with Gasteiger partial charge in [0.05, 0.1) is 5.70 Å². The Balaban J connectivity index is 2.44. The fraction of sp³-hybridized carbons (Fsp3) is 0.556. The molecule has 3 N–H and O–H groups in total. The molecule has 1 saturated heterocycles. The normalized spacial score (nSPS) is 17.3. The van der Waals surface area contributed by atoms with Gasteiger partial charge in [0.2, 0.25) is 0 Å². The van der Waals surface area contributed by atoms with Gasteiger partial charge in [-0.2, -0.15) is 0 Å². The SMILES string of the molecule is C/C(CC(C)C)=C(\c1cc(F)ccc1F)N(N)C1CCNCC1. The molecule has 1 aliphatic heterocycles. The fourth-order valence-corrected chi connectivity index (χ4v) is 3.24. The minimum absolute atomic E-state index is 0.135. The van der Waals surface area contributed by atoms with Crippen LogP contribution in [0, 0.1) is 17.6 Å². The molecule has 0 aromatic heterocycles. The smallest absolute Gasteiger partial charge is 0.132 e. The highest BCUT2D eigenvalue weighted by Crippen LogP contribution is 2.30. The Labute approximate surface area is 137 Å². The van der Waals surface area contributed by atoms with Crippen LogP contribution in [0.1, 0.15) is 45.6 Å². The van der Waals surface area contributed by atoms with Crippen LogP contribution < -0.4 is 11.2 Å². The van der Waals surface area contributed by atoms with Gasteiger partial charge in [0.1, 0.15) is 11.6 Å². The third-order valence-corrected chi connectivity index (χ3v) is 4.26. The van der Waals surface area contributed by atoms with Gasteiger partial charge in [-0.25, -0.2) is 14.6 Å². The molecule has 2 rings (SSSR count). The van der Waals surface area contributed by atoms with Crippen LogP contribution >= 0.6 is 0 Å². The molecule has 23 heavy (non-hydrogen) atoms. The number of halogens is 2. The molecule has 0 radical (unpaired) electrons. The lowest BCUT2D eigenvalue weighted by atomic mass is 9.96. The molecule has 1 aromatic rings. The summed E-state index contributed by atoms with van der Waals surface area (Å²) in [5.41, 5.74) is 1.87. The molecule has 0 unspecified atom stereocenters. The number of hydrazine groups is 1. The predicted molar refractivity (Wildman–Crippen MR) is 90.3 cm³/mol. The first-order valence-electron chi connectivity index (χ1n) is 8.30. The van der Waals surface area contributed by atoms with Crippen LogP contribution in [0.5, 0.6) is 0 Å². The van der Waals surface area contributed by atoms with Gasteiger partial charge in [-0.15, -0.1) is 0 Å². The van der Waals surface area contributed by atoms with E-state index in [4.69, 9.17) is 5.84 Å². The molecule has 5 heteroatoms. The van der Waals surface area contributed by atoms with Crippen LogP contribution in [-0.2, 0) is 0 Å². The van der Waals surface area contributed by atoms with Gasteiger partial charge in [-0.1, -0.05) is 13.8 Å². The van der Waals surface area contributed by atoms with Gasteiger partial charge in [-0.05, 0) is 69.0 Å². The maximum absolute atomic E-state index is 14.3. The number of rotatable bonds is 5. The van der Waals surface area contributed by atoms with E-state index in [1.165, 1.54) is 12.1 Å². The molecule has 0 spiro atoms. The topological polar surface area (TPSA) is 41.3 Å². The molecule has 128 valence electrons. The number of nitrogens with one attached hydrogen (secondary N) is 1. The Morgan fingerprint density at radius 2 is 1.96 bits per heavy atom. The minimum Gasteiger partial charge on any atom is -0.317 e. The van der Waals surface area contributed by atoms with Gasteiger partial charge in [0.15, 0.2) is 0 Å². The number of hydrogen-bond acceptors (Lipinski definition) is 3. The minimum atomic E-state index is -0.449. The third-order valence-electron chi connectivity index (χ3n) is 4.26. The lowest BCUT2D eigenvalue weighted by molar-refractivity contribution is 0.242. The Kier molecular flexibility index (Phi) is 6.13. The summed E-state index contributed by atoms with van der Waals surface area (Å²) in [6.07, 6.45) is 2.59. The summed E-state index contributed by atoms with van der Waals surface area (Å²) in [7, 11) is 0. The van der Waals surface area contributed by atoms with Crippen molar-refractivity contribution in [1.29, 1.82) is 0 Å². The summed E-state index contributed by atoms with van der Waals surface area (Å²) < 4.78 is 28.0. The Morgan fingerprint density at radius 1 is 1.30 bits per heavy atom. The van der Waals surface area contributed by atoms with Gasteiger partial charge >= 0.3 is 0 Å². The van der Waals surface area contributed by atoms with E-state index in [2.05, 4.69) is 19.2 Å². The van der Waals surface area contributed by atoms with E-state index in [0.717, 1.165) is 44.0 Å². The maximum Gasteiger partial charge on any atom is 0.132 e. The van der Waals surface area contributed by atoms with Crippen molar-refractivity contribution in [3.63, 3.8) is 0 Å². The highest BCUT2D eigenvalue weighted by Gasteiger charge is 2.25. The second-order valence-electron chi connectivity index (χ2n) is 6.74. The van der Waals surface area contributed by atoms with Crippen molar-refractivity contribution in [2.75, 3.05) is 13.1 Å². The van der Waals surface area contributed by atoms with Crippen LogP contribution in [0.3, 0.4) is 0 Å². The number of piperidine rings is 1. The molecule has 0 aliphatic carbocycles. The summed E-state index contributed by atoms with van der Waals surface area (Å²) in [5.74, 6) is 5.91. The van der Waals surface area contributed by atoms with E-state index in [1.54, 1.807) is 5.01 Å². The summed E-state index contributed by atoms with van der Waals surface area (Å²) in [5, 5.41) is 4.96. The molecule has 0 amide bonds. The van der Waals surface area contributed by atoms with E-state index >= 15 is 0 Å². The first-order chi connectivity index (χ1) is 10.9. The lowest BCUT2D eigenvalue weighted by Gasteiger charge is -2.35. The molecule has 1 aromatic carbocycles. The summed E-state index contributed by atoms with van der Waals surface area (Å²) in [4.78, 5) is 0. The van der Waals surface area contributed by atoms with E-state index < -0.39 is 11.6 Å². The highest BCUT2D eigenvalue weighted by molar-refractivity contribution is 5.67. The van der Waals surface area contributed by atoms with E-state index in [-0.39, 0.29) is 11.6 Å². The lowest BCUT2D eigenvalue weighted by Crippen LogP contribution is -2.46. The first-order valence-corrected chi connectivity index (χ1v) is 8.30.